The number of aromatic nitrogens is 1. The second kappa shape index (κ2) is 7.27. The third-order valence-corrected chi connectivity index (χ3v) is 4.00. The van der Waals surface area contributed by atoms with Crippen LogP contribution in [0.5, 0.6) is 0 Å². The van der Waals surface area contributed by atoms with E-state index >= 15 is 0 Å². The van der Waals surface area contributed by atoms with Gasteiger partial charge in [-0.25, -0.2) is 4.39 Å². The quantitative estimate of drug-likeness (QED) is 0.730. The van der Waals surface area contributed by atoms with Crippen LogP contribution in [-0.4, -0.2) is 24.5 Å². The maximum atomic E-state index is 13.2. The van der Waals surface area contributed by atoms with Gasteiger partial charge in [-0.2, -0.15) is 0 Å². The van der Waals surface area contributed by atoms with Crippen molar-refractivity contribution < 1.29 is 13.9 Å². The Morgan fingerprint density at radius 3 is 2.79 bits per heavy atom. The summed E-state index contributed by atoms with van der Waals surface area (Å²) in [5.74, 6) is -0.440. The average Bonchev–Trinajstić information content (AvgIpc) is 2.99. The average molecular weight is 326 g/mol. The summed E-state index contributed by atoms with van der Waals surface area (Å²) in [6.45, 7) is 0.482. The summed E-state index contributed by atoms with van der Waals surface area (Å²) in [5, 5.41) is 3.86. The molecule has 1 amide bonds. The minimum absolute atomic E-state index is 0.172. The van der Waals surface area contributed by atoms with E-state index in [-0.39, 0.29) is 11.7 Å². The number of methoxy groups -OCH3 is 1. The van der Waals surface area contributed by atoms with Crippen LogP contribution in [-0.2, 0) is 16.0 Å². The van der Waals surface area contributed by atoms with Crippen LogP contribution in [0.3, 0.4) is 0 Å². The van der Waals surface area contributed by atoms with Gasteiger partial charge in [0.25, 0.3) is 5.91 Å². The lowest BCUT2D eigenvalue weighted by Crippen LogP contribution is -2.31. The van der Waals surface area contributed by atoms with Gasteiger partial charge in [0.1, 0.15) is 5.82 Å². The highest BCUT2D eigenvalue weighted by Crippen LogP contribution is 2.20. The first kappa shape index (κ1) is 16.2. The number of carbonyl (C=O) groups is 1. The zero-order chi connectivity index (χ0) is 16.9. The first-order valence-electron chi connectivity index (χ1n) is 7.80. The van der Waals surface area contributed by atoms with Crippen molar-refractivity contribution in [3.8, 4) is 0 Å². The highest BCUT2D eigenvalue weighted by atomic mass is 19.1. The smallest absolute Gasteiger partial charge is 0.253 e. The number of carbonyl (C=O) groups excluding carboxylic acids is 1. The number of H-pyrrole nitrogens is 1. The number of amides is 1. The van der Waals surface area contributed by atoms with Crippen LogP contribution in [0, 0.1) is 5.82 Å². The molecular formula is C19H19FN2O2. The Morgan fingerprint density at radius 2 is 2.04 bits per heavy atom. The normalized spacial score (nSPS) is 12.2. The second-order valence-corrected chi connectivity index (χ2v) is 5.57. The fourth-order valence-electron chi connectivity index (χ4n) is 2.80. The van der Waals surface area contributed by atoms with E-state index in [9.17, 15) is 9.18 Å². The van der Waals surface area contributed by atoms with E-state index in [2.05, 4.69) is 10.3 Å². The number of hydrogen-bond donors (Lipinski definition) is 2. The summed E-state index contributed by atoms with van der Waals surface area (Å²) in [5.41, 5.74) is 2.62. The van der Waals surface area contributed by atoms with Gasteiger partial charge < -0.3 is 15.0 Å². The van der Waals surface area contributed by atoms with E-state index in [4.69, 9.17) is 4.74 Å². The van der Waals surface area contributed by atoms with Crippen molar-refractivity contribution in [1.82, 2.24) is 10.3 Å². The fourth-order valence-corrected chi connectivity index (χ4v) is 2.80. The highest BCUT2D eigenvalue weighted by molar-refractivity contribution is 5.84. The minimum atomic E-state index is -0.622. The van der Waals surface area contributed by atoms with E-state index in [0.717, 1.165) is 22.0 Å². The Bertz CT molecular complexity index is 830. The van der Waals surface area contributed by atoms with Crippen molar-refractivity contribution in [3.05, 3.63) is 71.7 Å². The number of aromatic amines is 1. The maximum absolute atomic E-state index is 13.2. The van der Waals surface area contributed by atoms with Crippen molar-refractivity contribution in [3.63, 3.8) is 0 Å². The molecule has 0 saturated carbocycles. The number of fused-ring (bicyclic) bond motifs is 1. The largest absolute Gasteiger partial charge is 0.367 e. The van der Waals surface area contributed by atoms with Gasteiger partial charge in [0.15, 0.2) is 6.10 Å². The van der Waals surface area contributed by atoms with Crippen molar-refractivity contribution in [2.45, 2.75) is 12.5 Å². The molecular weight excluding hydrogens is 307 g/mol. The number of halogens is 1. The SMILES string of the molecule is COC(C(=O)NCCc1c[nH]c2cc(F)ccc12)c1ccccc1. The number of hydrogen-bond acceptors (Lipinski definition) is 2. The number of nitrogens with one attached hydrogen (secondary N) is 2. The molecule has 0 bridgehead atoms. The van der Waals surface area contributed by atoms with Crippen LogP contribution in [0.1, 0.15) is 17.2 Å². The predicted octanol–water partition coefficient (Wildman–Crippen LogP) is 3.35. The molecule has 5 heteroatoms. The maximum Gasteiger partial charge on any atom is 0.253 e. The van der Waals surface area contributed by atoms with Gasteiger partial charge >= 0.3 is 0 Å². The number of rotatable bonds is 6. The summed E-state index contributed by atoms with van der Waals surface area (Å²) < 4.78 is 18.5. The molecule has 3 aromatic rings. The first-order valence-corrected chi connectivity index (χ1v) is 7.80. The molecule has 0 aliphatic rings. The molecule has 2 aromatic carbocycles. The zero-order valence-corrected chi connectivity index (χ0v) is 13.4. The third-order valence-electron chi connectivity index (χ3n) is 4.00. The Balaban J connectivity index is 1.61. The van der Waals surface area contributed by atoms with E-state index in [1.807, 2.05) is 36.5 Å². The third kappa shape index (κ3) is 3.46. The van der Waals surface area contributed by atoms with Gasteiger partial charge in [0.05, 0.1) is 0 Å². The Morgan fingerprint density at radius 1 is 1.25 bits per heavy atom. The van der Waals surface area contributed by atoms with Gasteiger partial charge in [-0.15, -0.1) is 0 Å². The molecule has 1 heterocycles. The summed E-state index contributed by atoms with van der Waals surface area (Å²) >= 11 is 0. The first-order chi connectivity index (χ1) is 11.7. The van der Waals surface area contributed by atoms with E-state index < -0.39 is 6.10 Å². The minimum Gasteiger partial charge on any atom is -0.367 e. The molecule has 1 atom stereocenters. The molecule has 0 aliphatic carbocycles. The van der Waals surface area contributed by atoms with Crippen molar-refractivity contribution >= 4 is 16.8 Å². The van der Waals surface area contributed by atoms with Crippen LogP contribution in [0.15, 0.2) is 54.7 Å². The van der Waals surface area contributed by atoms with Gasteiger partial charge in [-0.1, -0.05) is 30.3 Å². The molecule has 1 unspecified atom stereocenters. The van der Waals surface area contributed by atoms with Crippen LogP contribution >= 0.6 is 0 Å². The second-order valence-electron chi connectivity index (χ2n) is 5.57. The molecule has 0 aliphatic heterocycles. The summed E-state index contributed by atoms with van der Waals surface area (Å²) in [6, 6.07) is 14.0. The molecule has 1 aromatic heterocycles. The zero-order valence-electron chi connectivity index (χ0n) is 13.4. The lowest BCUT2D eigenvalue weighted by atomic mass is 10.1. The summed E-state index contributed by atoms with van der Waals surface area (Å²) in [4.78, 5) is 15.4. The molecule has 0 spiro atoms. The van der Waals surface area contributed by atoms with Crippen LogP contribution in [0.25, 0.3) is 10.9 Å². The van der Waals surface area contributed by atoms with Gasteiger partial charge in [-0.05, 0) is 35.7 Å². The van der Waals surface area contributed by atoms with Crippen LogP contribution in [0.2, 0.25) is 0 Å². The van der Waals surface area contributed by atoms with Crippen molar-refractivity contribution in [2.75, 3.05) is 13.7 Å². The van der Waals surface area contributed by atoms with Crippen LogP contribution < -0.4 is 5.32 Å². The molecule has 3 rings (SSSR count). The Hall–Kier alpha value is -2.66. The number of ether oxygens (including phenoxy) is 1. The topological polar surface area (TPSA) is 54.1 Å². The van der Waals surface area contributed by atoms with Gasteiger partial charge in [0, 0.05) is 30.8 Å². The lowest BCUT2D eigenvalue weighted by Gasteiger charge is -2.15. The molecule has 0 fully saturated rings. The molecule has 124 valence electrons. The van der Waals surface area contributed by atoms with Gasteiger partial charge in [-0.3, -0.25) is 4.79 Å². The summed E-state index contributed by atoms with van der Waals surface area (Å²) in [6.07, 6.45) is 1.88. The molecule has 2 N–H and O–H groups in total. The van der Waals surface area contributed by atoms with E-state index in [1.165, 1.54) is 19.2 Å². The van der Waals surface area contributed by atoms with E-state index in [1.54, 1.807) is 6.07 Å². The Kier molecular flexibility index (Phi) is 4.91. The predicted molar refractivity (Wildman–Crippen MR) is 91.2 cm³/mol. The van der Waals surface area contributed by atoms with Gasteiger partial charge in [0.2, 0.25) is 0 Å². The standard InChI is InChI=1S/C19H19FN2O2/c1-24-18(13-5-3-2-4-6-13)19(23)21-10-9-14-12-22-17-11-15(20)7-8-16(14)17/h2-8,11-12,18,22H,9-10H2,1H3,(H,21,23). The lowest BCUT2D eigenvalue weighted by molar-refractivity contribution is -0.131. The van der Waals surface area contributed by atoms with E-state index in [0.29, 0.717) is 13.0 Å². The molecule has 0 saturated heterocycles. The molecule has 4 nitrogen and oxygen atoms in total. The summed E-state index contributed by atoms with van der Waals surface area (Å²) in [7, 11) is 1.52. The number of benzene rings is 2. The molecule has 24 heavy (non-hydrogen) atoms. The van der Waals surface area contributed by atoms with Crippen LogP contribution in [0.4, 0.5) is 4.39 Å². The fraction of sp³-hybridized carbons (Fsp3) is 0.211. The van der Waals surface area contributed by atoms with Crippen molar-refractivity contribution in [2.24, 2.45) is 0 Å². The Labute approximate surface area is 139 Å². The molecule has 0 radical (unpaired) electrons. The monoisotopic (exact) mass is 326 g/mol. The highest BCUT2D eigenvalue weighted by Gasteiger charge is 2.19. The van der Waals surface area contributed by atoms with Crippen molar-refractivity contribution in [1.29, 1.82) is 0 Å².